The van der Waals surface area contributed by atoms with E-state index in [4.69, 9.17) is 4.74 Å². The highest BCUT2D eigenvalue weighted by Crippen LogP contribution is 2.20. The van der Waals surface area contributed by atoms with Crippen molar-refractivity contribution >= 4 is 5.69 Å². The number of rotatable bonds is 6. The first-order valence-corrected chi connectivity index (χ1v) is 9.02. The smallest absolute Gasteiger partial charge is 0.119 e. The predicted molar refractivity (Wildman–Crippen MR) is 103 cm³/mol. The Bertz CT molecular complexity index is 667. The van der Waals surface area contributed by atoms with Crippen LogP contribution in [0.15, 0.2) is 48.5 Å². The third-order valence-corrected chi connectivity index (χ3v) is 4.88. The SMILES string of the molecule is Cc1ccc(N2CCN(C[C@H](O)COc3ccccc3)CC2)cc1C. The summed E-state index contributed by atoms with van der Waals surface area (Å²) in [5.41, 5.74) is 3.98. The summed E-state index contributed by atoms with van der Waals surface area (Å²) >= 11 is 0. The fraction of sp³-hybridized carbons (Fsp3) is 0.429. The number of benzene rings is 2. The molecule has 1 aliphatic heterocycles. The van der Waals surface area contributed by atoms with Crippen molar-refractivity contribution < 1.29 is 9.84 Å². The van der Waals surface area contributed by atoms with Gasteiger partial charge in [0.1, 0.15) is 18.5 Å². The molecule has 2 aromatic carbocycles. The Morgan fingerprint density at radius 1 is 0.960 bits per heavy atom. The number of hydrogen-bond acceptors (Lipinski definition) is 4. The molecule has 4 nitrogen and oxygen atoms in total. The van der Waals surface area contributed by atoms with Gasteiger partial charge in [-0.05, 0) is 49.2 Å². The number of aliphatic hydroxyl groups is 1. The van der Waals surface area contributed by atoms with Gasteiger partial charge in [-0.15, -0.1) is 0 Å². The van der Waals surface area contributed by atoms with Crippen molar-refractivity contribution in [1.29, 1.82) is 0 Å². The van der Waals surface area contributed by atoms with Gasteiger partial charge in [0, 0.05) is 38.4 Å². The summed E-state index contributed by atoms with van der Waals surface area (Å²) in [5, 5.41) is 10.2. The van der Waals surface area contributed by atoms with Gasteiger partial charge in [-0.1, -0.05) is 24.3 Å². The van der Waals surface area contributed by atoms with E-state index in [1.54, 1.807) is 0 Å². The molecule has 0 aliphatic carbocycles. The van der Waals surface area contributed by atoms with Crippen LogP contribution in [0.3, 0.4) is 0 Å². The molecule has 0 radical (unpaired) electrons. The van der Waals surface area contributed by atoms with Gasteiger partial charge in [0.25, 0.3) is 0 Å². The molecule has 1 saturated heterocycles. The van der Waals surface area contributed by atoms with Gasteiger partial charge in [-0.25, -0.2) is 0 Å². The lowest BCUT2D eigenvalue weighted by molar-refractivity contribution is 0.0663. The van der Waals surface area contributed by atoms with Crippen LogP contribution >= 0.6 is 0 Å². The molecule has 0 aromatic heterocycles. The van der Waals surface area contributed by atoms with Crippen molar-refractivity contribution in [2.75, 3.05) is 44.2 Å². The van der Waals surface area contributed by atoms with Crippen LogP contribution in [0.25, 0.3) is 0 Å². The van der Waals surface area contributed by atoms with Crippen LogP contribution in [-0.2, 0) is 0 Å². The minimum atomic E-state index is -0.464. The number of para-hydroxylation sites is 1. The van der Waals surface area contributed by atoms with E-state index in [1.165, 1.54) is 16.8 Å². The third-order valence-electron chi connectivity index (χ3n) is 4.88. The maximum Gasteiger partial charge on any atom is 0.119 e. The van der Waals surface area contributed by atoms with Crippen molar-refractivity contribution in [1.82, 2.24) is 4.90 Å². The van der Waals surface area contributed by atoms with Crippen LogP contribution in [0.5, 0.6) is 5.75 Å². The monoisotopic (exact) mass is 340 g/mol. The van der Waals surface area contributed by atoms with Gasteiger partial charge in [0.2, 0.25) is 0 Å². The standard InChI is InChI=1S/C21H28N2O2/c1-17-8-9-19(14-18(17)2)23-12-10-22(11-13-23)15-20(24)16-25-21-6-4-3-5-7-21/h3-9,14,20,24H,10-13,15-16H2,1-2H3/t20-/m0/s1. The lowest BCUT2D eigenvalue weighted by Crippen LogP contribution is -2.49. The second-order valence-electron chi connectivity index (χ2n) is 6.83. The molecule has 1 fully saturated rings. The lowest BCUT2D eigenvalue weighted by Gasteiger charge is -2.37. The third kappa shape index (κ3) is 4.97. The molecule has 134 valence electrons. The van der Waals surface area contributed by atoms with Gasteiger partial charge in [0.15, 0.2) is 0 Å². The number of β-amino-alcohol motifs (C(OH)–C–C–N with tert-alkyl or cyclic N) is 1. The maximum atomic E-state index is 10.2. The van der Waals surface area contributed by atoms with Crippen LogP contribution < -0.4 is 9.64 Å². The fourth-order valence-corrected chi connectivity index (χ4v) is 3.17. The van der Waals surface area contributed by atoms with E-state index in [0.29, 0.717) is 13.2 Å². The summed E-state index contributed by atoms with van der Waals surface area (Å²) in [5.74, 6) is 0.807. The van der Waals surface area contributed by atoms with E-state index in [-0.39, 0.29) is 0 Å². The number of ether oxygens (including phenoxy) is 1. The second kappa shape index (κ2) is 8.37. The Morgan fingerprint density at radius 2 is 1.68 bits per heavy atom. The summed E-state index contributed by atoms with van der Waals surface area (Å²) in [6, 6.07) is 16.3. The fourth-order valence-electron chi connectivity index (χ4n) is 3.17. The van der Waals surface area contributed by atoms with E-state index in [0.717, 1.165) is 31.9 Å². The molecule has 0 amide bonds. The molecule has 1 aliphatic rings. The molecule has 0 unspecified atom stereocenters. The zero-order chi connectivity index (χ0) is 17.6. The molecular weight excluding hydrogens is 312 g/mol. The lowest BCUT2D eigenvalue weighted by atomic mass is 10.1. The van der Waals surface area contributed by atoms with E-state index in [2.05, 4.69) is 41.8 Å². The van der Waals surface area contributed by atoms with Gasteiger partial charge < -0.3 is 14.7 Å². The first kappa shape index (κ1) is 17.8. The Hall–Kier alpha value is -2.04. The van der Waals surface area contributed by atoms with Crippen molar-refractivity contribution in [3.63, 3.8) is 0 Å². The van der Waals surface area contributed by atoms with Crippen LogP contribution in [0, 0.1) is 13.8 Å². The normalized spacial score (nSPS) is 16.7. The number of aliphatic hydroxyl groups excluding tert-OH is 1. The molecule has 1 atom stereocenters. The molecule has 0 bridgehead atoms. The Labute approximate surface area is 150 Å². The number of hydrogen-bond donors (Lipinski definition) is 1. The minimum absolute atomic E-state index is 0.335. The summed E-state index contributed by atoms with van der Waals surface area (Å²) in [4.78, 5) is 4.74. The highest BCUT2D eigenvalue weighted by molar-refractivity contribution is 5.51. The van der Waals surface area contributed by atoms with E-state index < -0.39 is 6.10 Å². The molecule has 25 heavy (non-hydrogen) atoms. The van der Waals surface area contributed by atoms with Crippen LogP contribution in [-0.4, -0.2) is 55.4 Å². The van der Waals surface area contributed by atoms with Crippen LogP contribution in [0.4, 0.5) is 5.69 Å². The van der Waals surface area contributed by atoms with Crippen molar-refractivity contribution in [2.45, 2.75) is 20.0 Å². The van der Waals surface area contributed by atoms with Crippen molar-refractivity contribution in [3.05, 3.63) is 59.7 Å². The Morgan fingerprint density at radius 3 is 2.36 bits per heavy atom. The number of anilines is 1. The Kier molecular flexibility index (Phi) is 5.95. The van der Waals surface area contributed by atoms with Gasteiger partial charge >= 0.3 is 0 Å². The summed E-state index contributed by atoms with van der Waals surface area (Å²) in [6.07, 6.45) is -0.464. The largest absolute Gasteiger partial charge is 0.491 e. The molecular formula is C21H28N2O2. The van der Waals surface area contributed by atoms with Crippen LogP contribution in [0.2, 0.25) is 0 Å². The van der Waals surface area contributed by atoms with E-state index in [9.17, 15) is 5.11 Å². The number of nitrogens with zero attached hydrogens (tertiary/aromatic N) is 2. The summed E-state index contributed by atoms with van der Waals surface area (Å²) in [6.45, 7) is 9.23. The number of piperazine rings is 1. The average Bonchev–Trinajstić information content (AvgIpc) is 2.64. The molecule has 0 saturated carbocycles. The summed E-state index contributed by atoms with van der Waals surface area (Å²) in [7, 11) is 0. The van der Waals surface area contributed by atoms with Gasteiger partial charge in [-0.2, -0.15) is 0 Å². The minimum Gasteiger partial charge on any atom is -0.491 e. The molecule has 0 spiro atoms. The molecule has 4 heteroatoms. The first-order chi connectivity index (χ1) is 12.1. The van der Waals surface area contributed by atoms with E-state index >= 15 is 0 Å². The highest BCUT2D eigenvalue weighted by atomic mass is 16.5. The molecule has 1 heterocycles. The zero-order valence-electron chi connectivity index (χ0n) is 15.2. The van der Waals surface area contributed by atoms with Crippen LogP contribution in [0.1, 0.15) is 11.1 Å². The second-order valence-corrected chi connectivity index (χ2v) is 6.83. The zero-order valence-corrected chi connectivity index (χ0v) is 15.2. The molecule has 2 aromatic rings. The van der Waals surface area contributed by atoms with Gasteiger partial charge in [0.05, 0.1) is 0 Å². The van der Waals surface area contributed by atoms with Crippen molar-refractivity contribution in [2.24, 2.45) is 0 Å². The van der Waals surface area contributed by atoms with E-state index in [1.807, 2.05) is 30.3 Å². The highest BCUT2D eigenvalue weighted by Gasteiger charge is 2.20. The topological polar surface area (TPSA) is 35.9 Å². The quantitative estimate of drug-likeness (QED) is 0.877. The molecule has 3 rings (SSSR count). The maximum absolute atomic E-state index is 10.2. The average molecular weight is 340 g/mol. The predicted octanol–water partition coefficient (Wildman–Crippen LogP) is 2.87. The summed E-state index contributed by atoms with van der Waals surface area (Å²) < 4.78 is 5.64. The molecule has 1 N–H and O–H groups in total. The van der Waals surface area contributed by atoms with Crippen molar-refractivity contribution in [3.8, 4) is 5.75 Å². The number of aryl methyl sites for hydroxylation is 2. The van der Waals surface area contributed by atoms with Gasteiger partial charge in [-0.3, -0.25) is 4.90 Å². The Balaban J connectivity index is 1.43. The first-order valence-electron chi connectivity index (χ1n) is 9.02.